The van der Waals surface area contributed by atoms with Crippen LogP contribution in [0.1, 0.15) is 23.1 Å². The Kier molecular flexibility index (Phi) is 6.78. The minimum atomic E-state index is -0.371. The monoisotopic (exact) mass is 312 g/mol. The summed E-state index contributed by atoms with van der Waals surface area (Å²) in [5.74, 6) is -0.327. The second-order valence-electron chi connectivity index (χ2n) is 5.77. The number of rotatable bonds is 9. The van der Waals surface area contributed by atoms with Crippen LogP contribution in [0.25, 0.3) is 0 Å². The van der Waals surface area contributed by atoms with Crippen LogP contribution in [0.3, 0.4) is 0 Å². The second-order valence-corrected chi connectivity index (χ2v) is 5.77. The first-order chi connectivity index (χ1) is 11.1. The van der Waals surface area contributed by atoms with Crippen molar-refractivity contribution in [1.29, 1.82) is 0 Å². The van der Waals surface area contributed by atoms with Crippen LogP contribution in [0.2, 0.25) is 0 Å². The van der Waals surface area contributed by atoms with Gasteiger partial charge in [-0.05, 0) is 29.5 Å². The highest BCUT2D eigenvalue weighted by atomic mass is 16.3. The van der Waals surface area contributed by atoms with Gasteiger partial charge in [-0.1, -0.05) is 54.6 Å². The number of benzene rings is 2. The maximum absolute atomic E-state index is 10.9. The Labute approximate surface area is 137 Å². The predicted molar refractivity (Wildman–Crippen MR) is 91.8 cm³/mol. The van der Waals surface area contributed by atoms with Gasteiger partial charge in [-0.2, -0.15) is 0 Å². The molecule has 0 saturated carbocycles. The largest absolute Gasteiger partial charge is 0.392 e. The summed E-state index contributed by atoms with van der Waals surface area (Å²) in [7, 11) is 0. The number of carbonyl (C=O) groups is 1. The topological polar surface area (TPSA) is 75.4 Å². The van der Waals surface area contributed by atoms with Crippen molar-refractivity contribution >= 4 is 5.91 Å². The smallest absolute Gasteiger partial charge is 0.221 e. The van der Waals surface area contributed by atoms with Crippen LogP contribution in [0.4, 0.5) is 0 Å². The SMILES string of the molecule is NC(=O)Cc1cccc(CNC[C@H](O)CCc2ccccc2)c1. The van der Waals surface area contributed by atoms with Gasteiger partial charge in [-0.25, -0.2) is 0 Å². The Balaban J connectivity index is 1.71. The van der Waals surface area contributed by atoms with Gasteiger partial charge < -0.3 is 16.2 Å². The molecule has 0 radical (unpaired) electrons. The lowest BCUT2D eigenvalue weighted by atomic mass is 10.1. The highest BCUT2D eigenvalue weighted by Crippen LogP contribution is 2.07. The molecule has 4 nitrogen and oxygen atoms in total. The lowest BCUT2D eigenvalue weighted by molar-refractivity contribution is -0.117. The molecule has 2 aromatic carbocycles. The average molecular weight is 312 g/mol. The molecular formula is C19H24N2O2. The zero-order valence-corrected chi connectivity index (χ0v) is 13.2. The third-order valence-electron chi connectivity index (χ3n) is 3.69. The van der Waals surface area contributed by atoms with Gasteiger partial charge >= 0.3 is 0 Å². The molecule has 0 spiro atoms. The molecule has 0 aliphatic carbocycles. The predicted octanol–water partition coefficient (Wildman–Crippen LogP) is 1.80. The molecule has 4 heteroatoms. The standard InChI is InChI=1S/C19H24N2O2/c20-19(23)12-16-7-4-8-17(11-16)13-21-14-18(22)10-9-15-5-2-1-3-6-15/h1-8,11,18,21-22H,9-10,12-14H2,(H2,20,23)/t18-/m1/s1. The lowest BCUT2D eigenvalue weighted by Crippen LogP contribution is -2.26. The number of nitrogens with one attached hydrogen (secondary N) is 1. The van der Waals surface area contributed by atoms with Gasteiger partial charge in [0.2, 0.25) is 5.91 Å². The first kappa shape index (κ1) is 17.2. The van der Waals surface area contributed by atoms with E-state index >= 15 is 0 Å². The number of hydrogen-bond acceptors (Lipinski definition) is 3. The summed E-state index contributed by atoms with van der Waals surface area (Å²) >= 11 is 0. The molecule has 0 saturated heterocycles. The molecule has 0 fully saturated rings. The maximum Gasteiger partial charge on any atom is 0.221 e. The van der Waals surface area contributed by atoms with Crippen LogP contribution in [0.5, 0.6) is 0 Å². The normalized spacial score (nSPS) is 12.0. The summed E-state index contributed by atoms with van der Waals surface area (Å²) in [5, 5.41) is 13.3. The number of carbonyl (C=O) groups excluding carboxylic acids is 1. The fourth-order valence-electron chi connectivity index (χ4n) is 2.51. The van der Waals surface area contributed by atoms with Crippen molar-refractivity contribution in [3.63, 3.8) is 0 Å². The zero-order valence-electron chi connectivity index (χ0n) is 13.2. The Hall–Kier alpha value is -2.17. The summed E-state index contributed by atoms with van der Waals surface area (Å²) in [4.78, 5) is 10.9. The number of amides is 1. The van der Waals surface area contributed by atoms with Gasteiger partial charge in [0, 0.05) is 13.1 Å². The van der Waals surface area contributed by atoms with Crippen LogP contribution >= 0.6 is 0 Å². The number of primary amides is 1. The van der Waals surface area contributed by atoms with E-state index in [9.17, 15) is 9.90 Å². The van der Waals surface area contributed by atoms with E-state index in [2.05, 4.69) is 17.4 Å². The van der Waals surface area contributed by atoms with E-state index in [-0.39, 0.29) is 18.4 Å². The number of nitrogens with two attached hydrogens (primary N) is 1. The van der Waals surface area contributed by atoms with E-state index in [0.29, 0.717) is 13.1 Å². The Bertz CT molecular complexity index is 614. The molecular weight excluding hydrogens is 288 g/mol. The highest BCUT2D eigenvalue weighted by Gasteiger charge is 2.05. The van der Waals surface area contributed by atoms with E-state index in [0.717, 1.165) is 24.0 Å². The highest BCUT2D eigenvalue weighted by molar-refractivity contribution is 5.76. The van der Waals surface area contributed by atoms with Crippen LogP contribution in [0, 0.1) is 0 Å². The van der Waals surface area contributed by atoms with Crippen LogP contribution in [-0.2, 0) is 24.2 Å². The van der Waals surface area contributed by atoms with Crippen molar-refractivity contribution in [2.24, 2.45) is 5.73 Å². The lowest BCUT2D eigenvalue weighted by Gasteiger charge is -2.12. The van der Waals surface area contributed by atoms with E-state index in [4.69, 9.17) is 5.73 Å². The summed E-state index contributed by atoms with van der Waals surface area (Å²) < 4.78 is 0. The number of hydrogen-bond donors (Lipinski definition) is 3. The van der Waals surface area contributed by atoms with Crippen molar-refractivity contribution in [2.75, 3.05) is 6.54 Å². The summed E-state index contributed by atoms with van der Waals surface area (Å²) in [6.07, 6.45) is 1.49. The van der Waals surface area contributed by atoms with Gasteiger partial charge in [0.1, 0.15) is 0 Å². The van der Waals surface area contributed by atoms with Gasteiger partial charge in [0.25, 0.3) is 0 Å². The number of aryl methyl sites for hydroxylation is 1. The fraction of sp³-hybridized carbons (Fsp3) is 0.316. The molecule has 1 amide bonds. The minimum Gasteiger partial charge on any atom is -0.392 e. The molecule has 0 aliphatic rings. The quantitative estimate of drug-likeness (QED) is 0.661. The number of aliphatic hydroxyl groups is 1. The van der Waals surface area contributed by atoms with E-state index in [1.807, 2.05) is 42.5 Å². The van der Waals surface area contributed by atoms with Crippen molar-refractivity contribution in [1.82, 2.24) is 5.32 Å². The molecule has 2 rings (SSSR count). The molecule has 1 atom stereocenters. The zero-order chi connectivity index (χ0) is 16.5. The Morgan fingerprint density at radius 2 is 1.74 bits per heavy atom. The van der Waals surface area contributed by atoms with Crippen molar-refractivity contribution < 1.29 is 9.90 Å². The van der Waals surface area contributed by atoms with Gasteiger partial charge in [-0.3, -0.25) is 4.79 Å². The molecule has 0 bridgehead atoms. The van der Waals surface area contributed by atoms with Crippen molar-refractivity contribution in [3.8, 4) is 0 Å². The second kappa shape index (κ2) is 9.08. The third-order valence-corrected chi connectivity index (χ3v) is 3.69. The van der Waals surface area contributed by atoms with Crippen molar-refractivity contribution in [2.45, 2.75) is 31.9 Å². The molecule has 0 aliphatic heterocycles. The summed E-state index contributed by atoms with van der Waals surface area (Å²) in [6.45, 7) is 1.21. The van der Waals surface area contributed by atoms with E-state index < -0.39 is 0 Å². The maximum atomic E-state index is 10.9. The van der Waals surface area contributed by atoms with Gasteiger partial charge in [-0.15, -0.1) is 0 Å². The fourth-order valence-corrected chi connectivity index (χ4v) is 2.51. The molecule has 122 valence electrons. The Morgan fingerprint density at radius 1 is 1.04 bits per heavy atom. The van der Waals surface area contributed by atoms with E-state index in [1.54, 1.807) is 0 Å². The molecule has 0 heterocycles. The molecule has 2 aromatic rings. The van der Waals surface area contributed by atoms with E-state index in [1.165, 1.54) is 5.56 Å². The molecule has 0 unspecified atom stereocenters. The van der Waals surface area contributed by atoms with Crippen LogP contribution < -0.4 is 11.1 Å². The minimum absolute atomic E-state index is 0.257. The van der Waals surface area contributed by atoms with Crippen LogP contribution in [-0.4, -0.2) is 23.7 Å². The first-order valence-corrected chi connectivity index (χ1v) is 7.92. The van der Waals surface area contributed by atoms with Crippen LogP contribution in [0.15, 0.2) is 54.6 Å². The molecule has 23 heavy (non-hydrogen) atoms. The molecule has 4 N–H and O–H groups in total. The number of aliphatic hydroxyl groups excluding tert-OH is 1. The Morgan fingerprint density at radius 3 is 2.48 bits per heavy atom. The summed E-state index contributed by atoms with van der Waals surface area (Å²) in [5.41, 5.74) is 8.45. The average Bonchev–Trinajstić information content (AvgIpc) is 2.54. The van der Waals surface area contributed by atoms with Gasteiger partial charge in [0.05, 0.1) is 12.5 Å². The molecule has 0 aromatic heterocycles. The summed E-state index contributed by atoms with van der Waals surface area (Å²) in [6, 6.07) is 17.9. The van der Waals surface area contributed by atoms with Gasteiger partial charge in [0.15, 0.2) is 0 Å². The first-order valence-electron chi connectivity index (χ1n) is 7.92. The van der Waals surface area contributed by atoms with Crippen molar-refractivity contribution in [3.05, 3.63) is 71.3 Å². The third kappa shape index (κ3) is 6.63.